The third-order valence-electron chi connectivity index (χ3n) is 1.72. The van der Waals surface area contributed by atoms with Gasteiger partial charge in [0.2, 0.25) is 5.88 Å². The Labute approximate surface area is 78.1 Å². The van der Waals surface area contributed by atoms with Crippen LogP contribution in [0.4, 0.5) is 5.69 Å². The minimum absolute atomic E-state index is 0.220. The lowest BCUT2D eigenvalue weighted by atomic mass is 10.3. The molecule has 1 unspecified atom stereocenters. The SMILES string of the molecule is COc1ncccc1NC(C)CN. The Morgan fingerprint density at radius 3 is 3.08 bits per heavy atom. The van der Waals surface area contributed by atoms with Crippen LogP contribution in [0.5, 0.6) is 5.88 Å². The van der Waals surface area contributed by atoms with Crippen molar-refractivity contribution < 1.29 is 4.74 Å². The summed E-state index contributed by atoms with van der Waals surface area (Å²) in [6, 6.07) is 3.99. The van der Waals surface area contributed by atoms with Crippen molar-refractivity contribution in [2.45, 2.75) is 13.0 Å². The molecule has 1 aromatic heterocycles. The number of ether oxygens (including phenoxy) is 1. The second-order valence-electron chi connectivity index (χ2n) is 2.84. The zero-order valence-electron chi connectivity index (χ0n) is 7.95. The maximum atomic E-state index is 5.49. The highest BCUT2D eigenvalue weighted by atomic mass is 16.5. The number of nitrogens with one attached hydrogen (secondary N) is 1. The van der Waals surface area contributed by atoms with Crippen LogP contribution >= 0.6 is 0 Å². The molecule has 0 bridgehead atoms. The van der Waals surface area contributed by atoms with Crippen molar-refractivity contribution in [2.24, 2.45) is 5.73 Å². The van der Waals surface area contributed by atoms with Gasteiger partial charge < -0.3 is 15.8 Å². The third kappa shape index (κ3) is 2.59. The average molecular weight is 181 g/mol. The summed E-state index contributed by atoms with van der Waals surface area (Å²) in [7, 11) is 1.60. The van der Waals surface area contributed by atoms with Gasteiger partial charge in [-0.1, -0.05) is 0 Å². The first-order valence-electron chi connectivity index (χ1n) is 4.23. The largest absolute Gasteiger partial charge is 0.480 e. The van der Waals surface area contributed by atoms with Gasteiger partial charge in [-0.15, -0.1) is 0 Å². The normalized spacial score (nSPS) is 12.2. The molecule has 0 radical (unpaired) electrons. The predicted molar refractivity (Wildman–Crippen MR) is 52.9 cm³/mol. The summed E-state index contributed by atoms with van der Waals surface area (Å²) in [5, 5.41) is 3.20. The smallest absolute Gasteiger partial charge is 0.237 e. The molecule has 0 amide bonds. The molecule has 1 atom stereocenters. The van der Waals surface area contributed by atoms with Crippen LogP contribution in [0.15, 0.2) is 18.3 Å². The number of rotatable bonds is 4. The minimum Gasteiger partial charge on any atom is -0.480 e. The van der Waals surface area contributed by atoms with Crippen molar-refractivity contribution >= 4 is 5.69 Å². The number of hydrogen-bond acceptors (Lipinski definition) is 4. The molecule has 0 aliphatic rings. The van der Waals surface area contributed by atoms with Gasteiger partial charge in [-0.2, -0.15) is 0 Å². The fourth-order valence-corrected chi connectivity index (χ4v) is 0.988. The van der Waals surface area contributed by atoms with E-state index in [2.05, 4.69) is 10.3 Å². The van der Waals surface area contributed by atoms with Crippen LogP contribution < -0.4 is 15.8 Å². The highest BCUT2D eigenvalue weighted by Gasteiger charge is 2.04. The summed E-state index contributed by atoms with van der Waals surface area (Å²) in [4.78, 5) is 4.06. The lowest BCUT2D eigenvalue weighted by Gasteiger charge is -2.14. The van der Waals surface area contributed by atoms with Crippen molar-refractivity contribution in [2.75, 3.05) is 19.0 Å². The van der Waals surface area contributed by atoms with Crippen LogP contribution in [0.3, 0.4) is 0 Å². The van der Waals surface area contributed by atoms with Crippen molar-refractivity contribution in [1.82, 2.24) is 4.98 Å². The summed E-state index contributed by atoms with van der Waals surface area (Å²) in [6.07, 6.45) is 1.69. The van der Waals surface area contributed by atoms with Gasteiger partial charge in [0.1, 0.15) is 0 Å². The Hall–Kier alpha value is -1.29. The van der Waals surface area contributed by atoms with E-state index in [9.17, 15) is 0 Å². The zero-order valence-corrected chi connectivity index (χ0v) is 7.95. The fourth-order valence-electron chi connectivity index (χ4n) is 0.988. The standard InChI is InChI=1S/C9H15N3O/c1-7(6-10)12-8-4-3-5-11-9(8)13-2/h3-5,7,12H,6,10H2,1-2H3. The molecule has 0 fully saturated rings. The number of aromatic nitrogens is 1. The molecule has 0 saturated heterocycles. The second-order valence-corrected chi connectivity index (χ2v) is 2.84. The maximum Gasteiger partial charge on any atom is 0.237 e. The molecule has 13 heavy (non-hydrogen) atoms. The quantitative estimate of drug-likeness (QED) is 0.723. The van der Waals surface area contributed by atoms with E-state index in [4.69, 9.17) is 10.5 Å². The van der Waals surface area contributed by atoms with Gasteiger partial charge >= 0.3 is 0 Å². The third-order valence-corrected chi connectivity index (χ3v) is 1.72. The molecule has 1 rings (SSSR count). The van der Waals surface area contributed by atoms with Gasteiger partial charge in [-0.25, -0.2) is 4.98 Å². The highest BCUT2D eigenvalue weighted by molar-refractivity contribution is 5.52. The molecule has 4 heteroatoms. The van der Waals surface area contributed by atoms with Gasteiger partial charge in [0.05, 0.1) is 12.8 Å². The number of nitrogens with two attached hydrogens (primary N) is 1. The van der Waals surface area contributed by atoms with E-state index >= 15 is 0 Å². The van der Waals surface area contributed by atoms with Crippen molar-refractivity contribution in [3.05, 3.63) is 18.3 Å². The van der Waals surface area contributed by atoms with Crippen molar-refractivity contribution in [3.63, 3.8) is 0 Å². The molecule has 4 nitrogen and oxygen atoms in total. The topological polar surface area (TPSA) is 60.2 Å². The van der Waals surface area contributed by atoms with E-state index in [1.165, 1.54) is 0 Å². The van der Waals surface area contributed by atoms with Crippen LogP contribution in [0.2, 0.25) is 0 Å². The second kappa shape index (κ2) is 4.67. The Balaban J connectivity index is 2.74. The van der Waals surface area contributed by atoms with Crippen LogP contribution in [0.1, 0.15) is 6.92 Å². The molecule has 0 aromatic carbocycles. The van der Waals surface area contributed by atoms with E-state index < -0.39 is 0 Å². The number of anilines is 1. The molecule has 1 heterocycles. The molecular formula is C9H15N3O. The number of hydrogen-bond donors (Lipinski definition) is 2. The first-order valence-corrected chi connectivity index (χ1v) is 4.23. The van der Waals surface area contributed by atoms with E-state index in [1.807, 2.05) is 19.1 Å². The van der Waals surface area contributed by atoms with Gasteiger partial charge in [0.25, 0.3) is 0 Å². The molecule has 0 spiro atoms. The lowest BCUT2D eigenvalue weighted by molar-refractivity contribution is 0.399. The Morgan fingerprint density at radius 2 is 2.46 bits per heavy atom. The van der Waals surface area contributed by atoms with Crippen LogP contribution in [-0.2, 0) is 0 Å². The molecule has 0 saturated carbocycles. The molecule has 0 aliphatic carbocycles. The molecule has 1 aromatic rings. The average Bonchev–Trinajstić information content (AvgIpc) is 2.18. The summed E-state index contributed by atoms with van der Waals surface area (Å²) >= 11 is 0. The number of nitrogens with zero attached hydrogens (tertiary/aromatic N) is 1. The first-order chi connectivity index (χ1) is 6.27. The molecule has 72 valence electrons. The maximum absolute atomic E-state index is 5.49. The highest BCUT2D eigenvalue weighted by Crippen LogP contribution is 2.20. The van der Waals surface area contributed by atoms with E-state index in [0.717, 1.165) is 5.69 Å². The van der Waals surface area contributed by atoms with Crippen molar-refractivity contribution in [1.29, 1.82) is 0 Å². The number of pyridine rings is 1. The van der Waals surface area contributed by atoms with Crippen LogP contribution in [-0.4, -0.2) is 24.7 Å². The predicted octanol–water partition coefficient (Wildman–Crippen LogP) is 0.849. The van der Waals surface area contributed by atoms with E-state index in [0.29, 0.717) is 12.4 Å². The summed E-state index contributed by atoms with van der Waals surface area (Å²) < 4.78 is 5.08. The number of methoxy groups -OCH3 is 1. The summed E-state index contributed by atoms with van der Waals surface area (Å²) in [6.45, 7) is 2.59. The molecule has 0 aliphatic heterocycles. The van der Waals surface area contributed by atoms with Gasteiger partial charge in [0, 0.05) is 18.8 Å². The summed E-state index contributed by atoms with van der Waals surface area (Å²) in [5.41, 5.74) is 6.37. The van der Waals surface area contributed by atoms with E-state index in [1.54, 1.807) is 13.3 Å². The minimum atomic E-state index is 0.220. The Kier molecular flexibility index (Phi) is 3.52. The zero-order chi connectivity index (χ0) is 9.68. The summed E-state index contributed by atoms with van der Waals surface area (Å²) in [5.74, 6) is 0.600. The van der Waals surface area contributed by atoms with E-state index in [-0.39, 0.29) is 6.04 Å². The van der Waals surface area contributed by atoms with Gasteiger partial charge in [0.15, 0.2) is 0 Å². The van der Waals surface area contributed by atoms with Crippen molar-refractivity contribution in [3.8, 4) is 5.88 Å². The Morgan fingerprint density at radius 1 is 1.69 bits per heavy atom. The molecule has 3 N–H and O–H groups in total. The van der Waals surface area contributed by atoms with Crippen LogP contribution in [0, 0.1) is 0 Å². The fraction of sp³-hybridized carbons (Fsp3) is 0.444. The molecular weight excluding hydrogens is 166 g/mol. The lowest BCUT2D eigenvalue weighted by Crippen LogP contribution is -2.25. The van der Waals surface area contributed by atoms with Gasteiger partial charge in [-0.3, -0.25) is 0 Å². The van der Waals surface area contributed by atoms with Crippen LogP contribution in [0.25, 0.3) is 0 Å². The first kappa shape index (κ1) is 9.80. The Bertz CT molecular complexity index is 265. The monoisotopic (exact) mass is 181 g/mol. The van der Waals surface area contributed by atoms with Gasteiger partial charge in [-0.05, 0) is 19.1 Å².